The lowest BCUT2D eigenvalue weighted by molar-refractivity contribution is -0.143. The van der Waals surface area contributed by atoms with Crippen LogP contribution in [0.1, 0.15) is 13.8 Å². The van der Waals surface area contributed by atoms with Gasteiger partial charge in [-0.05, 0) is 13.8 Å². The monoisotopic (exact) mass is 186 g/mol. The van der Waals surface area contributed by atoms with E-state index in [0.717, 1.165) is 19.6 Å². The Morgan fingerprint density at radius 2 is 2.31 bits per heavy atom. The molecule has 0 aromatic rings. The maximum atomic E-state index is 11.1. The molecular weight excluding hydrogens is 168 g/mol. The van der Waals surface area contributed by atoms with Crippen LogP contribution in [0.15, 0.2) is 0 Å². The van der Waals surface area contributed by atoms with Crippen molar-refractivity contribution >= 4 is 5.97 Å². The summed E-state index contributed by atoms with van der Waals surface area (Å²) in [5, 5.41) is 3.30. The summed E-state index contributed by atoms with van der Waals surface area (Å²) in [6.45, 7) is 7.42. The smallest absolute Gasteiger partial charge is 0.319 e. The third-order valence-electron chi connectivity index (χ3n) is 2.52. The van der Waals surface area contributed by atoms with E-state index in [1.165, 1.54) is 7.11 Å². The summed E-state index contributed by atoms with van der Waals surface area (Å²) in [5.74, 6) is -0.157. The van der Waals surface area contributed by atoms with Crippen molar-refractivity contribution in [3.63, 3.8) is 0 Å². The van der Waals surface area contributed by atoms with Crippen LogP contribution in [-0.2, 0) is 9.53 Å². The summed E-state index contributed by atoms with van der Waals surface area (Å²) in [5.41, 5.74) is 0.0481. The van der Waals surface area contributed by atoms with E-state index in [4.69, 9.17) is 0 Å². The molecule has 13 heavy (non-hydrogen) atoms. The predicted octanol–water partition coefficient (Wildman–Crippen LogP) is -0.157. The van der Waals surface area contributed by atoms with Gasteiger partial charge in [-0.3, -0.25) is 9.69 Å². The fourth-order valence-electron chi connectivity index (χ4n) is 1.54. The summed E-state index contributed by atoms with van der Waals surface area (Å²) >= 11 is 0. The van der Waals surface area contributed by atoms with Crippen LogP contribution in [0.3, 0.4) is 0 Å². The summed E-state index contributed by atoms with van der Waals surface area (Å²) in [6, 6.07) is 0. The number of nitrogens with zero attached hydrogens (tertiary/aromatic N) is 1. The molecule has 1 aliphatic heterocycles. The molecule has 76 valence electrons. The Kier molecular flexibility index (Phi) is 3.27. The third-order valence-corrected chi connectivity index (χ3v) is 2.52. The minimum atomic E-state index is -0.157. The lowest BCUT2D eigenvalue weighted by Crippen LogP contribution is -2.59. The first-order chi connectivity index (χ1) is 6.06. The summed E-state index contributed by atoms with van der Waals surface area (Å²) < 4.78 is 4.65. The normalized spacial score (nSPS) is 22.7. The van der Waals surface area contributed by atoms with E-state index in [9.17, 15) is 4.79 Å². The summed E-state index contributed by atoms with van der Waals surface area (Å²) in [4.78, 5) is 13.2. The number of rotatable bonds is 2. The fourth-order valence-corrected chi connectivity index (χ4v) is 1.54. The molecule has 1 aliphatic rings. The van der Waals surface area contributed by atoms with Gasteiger partial charge in [-0.15, -0.1) is 0 Å². The second-order valence-electron chi connectivity index (χ2n) is 3.99. The van der Waals surface area contributed by atoms with Gasteiger partial charge in [0.1, 0.15) is 0 Å². The highest BCUT2D eigenvalue weighted by Gasteiger charge is 2.30. The highest BCUT2D eigenvalue weighted by molar-refractivity contribution is 5.71. The standard InChI is InChI=1S/C9H18N2O2/c1-9(2)7-10-4-5-11(9)6-8(12)13-3/h10H,4-7H2,1-3H3. The van der Waals surface area contributed by atoms with Crippen molar-refractivity contribution in [1.82, 2.24) is 10.2 Å². The average molecular weight is 186 g/mol. The van der Waals surface area contributed by atoms with E-state index in [0.29, 0.717) is 6.54 Å². The maximum Gasteiger partial charge on any atom is 0.319 e. The van der Waals surface area contributed by atoms with Crippen LogP contribution < -0.4 is 5.32 Å². The van der Waals surface area contributed by atoms with Crippen molar-refractivity contribution in [3.8, 4) is 0 Å². The Balaban J connectivity index is 2.51. The Bertz CT molecular complexity index is 192. The lowest BCUT2D eigenvalue weighted by Gasteiger charge is -2.41. The van der Waals surface area contributed by atoms with Gasteiger partial charge in [-0.25, -0.2) is 0 Å². The molecule has 4 heteroatoms. The third kappa shape index (κ3) is 2.67. The van der Waals surface area contributed by atoms with Gasteiger partial charge in [0.2, 0.25) is 0 Å². The average Bonchev–Trinajstić information content (AvgIpc) is 2.08. The van der Waals surface area contributed by atoms with Crippen molar-refractivity contribution in [3.05, 3.63) is 0 Å². The minimum absolute atomic E-state index is 0.0481. The number of carbonyl (C=O) groups excluding carboxylic acids is 1. The van der Waals surface area contributed by atoms with Crippen LogP contribution in [0.4, 0.5) is 0 Å². The molecule has 0 aromatic heterocycles. The van der Waals surface area contributed by atoms with Gasteiger partial charge < -0.3 is 10.1 Å². The number of methoxy groups -OCH3 is 1. The summed E-state index contributed by atoms with van der Waals surface area (Å²) in [7, 11) is 1.43. The zero-order valence-corrected chi connectivity index (χ0v) is 8.59. The quantitative estimate of drug-likeness (QED) is 0.609. The van der Waals surface area contributed by atoms with Crippen molar-refractivity contribution in [2.45, 2.75) is 19.4 Å². The number of piperazine rings is 1. The van der Waals surface area contributed by atoms with Crippen LogP contribution >= 0.6 is 0 Å². The first-order valence-corrected chi connectivity index (χ1v) is 4.59. The molecule has 0 atom stereocenters. The Hall–Kier alpha value is -0.610. The molecule has 0 aliphatic carbocycles. The molecule has 0 spiro atoms. The molecule has 0 amide bonds. The summed E-state index contributed by atoms with van der Waals surface area (Å²) in [6.07, 6.45) is 0. The number of esters is 1. The van der Waals surface area contributed by atoms with Gasteiger partial charge >= 0.3 is 5.97 Å². The van der Waals surface area contributed by atoms with E-state index in [1.807, 2.05) is 0 Å². The van der Waals surface area contributed by atoms with Gasteiger partial charge in [0.05, 0.1) is 13.7 Å². The van der Waals surface area contributed by atoms with Gasteiger partial charge in [0.15, 0.2) is 0 Å². The second kappa shape index (κ2) is 4.07. The minimum Gasteiger partial charge on any atom is -0.468 e. The van der Waals surface area contributed by atoms with Crippen LogP contribution in [0.5, 0.6) is 0 Å². The molecular formula is C9H18N2O2. The first kappa shape index (κ1) is 10.5. The number of hydrogen-bond donors (Lipinski definition) is 1. The van der Waals surface area contributed by atoms with E-state index in [2.05, 4.69) is 28.8 Å². The second-order valence-corrected chi connectivity index (χ2v) is 3.99. The molecule has 0 aromatic carbocycles. The van der Waals surface area contributed by atoms with Crippen LogP contribution in [0.2, 0.25) is 0 Å². The Labute approximate surface area is 79.2 Å². The SMILES string of the molecule is COC(=O)CN1CCNCC1(C)C. The highest BCUT2D eigenvalue weighted by atomic mass is 16.5. The van der Waals surface area contributed by atoms with Gasteiger partial charge in [-0.1, -0.05) is 0 Å². The molecule has 0 saturated carbocycles. The molecule has 0 bridgehead atoms. The molecule has 1 rings (SSSR count). The largest absolute Gasteiger partial charge is 0.468 e. The van der Waals surface area contributed by atoms with E-state index < -0.39 is 0 Å². The Morgan fingerprint density at radius 3 is 2.85 bits per heavy atom. The van der Waals surface area contributed by atoms with Gasteiger partial charge in [0, 0.05) is 25.2 Å². The molecule has 0 unspecified atom stereocenters. The van der Waals surface area contributed by atoms with Crippen LogP contribution in [0.25, 0.3) is 0 Å². The molecule has 1 heterocycles. The zero-order chi connectivity index (χ0) is 9.90. The van der Waals surface area contributed by atoms with Crippen molar-refractivity contribution in [2.24, 2.45) is 0 Å². The molecule has 0 radical (unpaired) electrons. The van der Waals surface area contributed by atoms with Crippen LogP contribution in [-0.4, -0.2) is 49.7 Å². The zero-order valence-electron chi connectivity index (χ0n) is 8.59. The van der Waals surface area contributed by atoms with Gasteiger partial charge in [-0.2, -0.15) is 0 Å². The van der Waals surface area contributed by atoms with Crippen molar-refractivity contribution in [2.75, 3.05) is 33.3 Å². The Morgan fingerprint density at radius 1 is 1.62 bits per heavy atom. The van der Waals surface area contributed by atoms with Crippen molar-refractivity contribution < 1.29 is 9.53 Å². The molecule has 1 fully saturated rings. The first-order valence-electron chi connectivity index (χ1n) is 4.59. The topological polar surface area (TPSA) is 41.6 Å². The van der Waals surface area contributed by atoms with E-state index in [-0.39, 0.29) is 11.5 Å². The van der Waals surface area contributed by atoms with E-state index >= 15 is 0 Å². The number of carbonyl (C=O) groups is 1. The lowest BCUT2D eigenvalue weighted by atomic mass is 10.0. The highest BCUT2D eigenvalue weighted by Crippen LogP contribution is 2.15. The van der Waals surface area contributed by atoms with Gasteiger partial charge in [0.25, 0.3) is 0 Å². The van der Waals surface area contributed by atoms with E-state index in [1.54, 1.807) is 0 Å². The maximum absolute atomic E-state index is 11.1. The fraction of sp³-hybridized carbons (Fsp3) is 0.889. The van der Waals surface area contributed by atoms with Crippen LogP contribution in [0, 0.1) is 0 Å². The predicted molar refractivity (Wildman–Crippen MR) is 50.5 cm³/mol. The number of ether oxygens (including phenoxy) is 1. The van der Waals surface area contributed by atoms with Crippen molar-refractivity contribution in [1.29, 1.82) is 0 Å². The molecule has 1 saturated heterocycles. The number of nitrogens with one attached hydrogen (secondary N) is 1. The number of hydrogen-bond acceptors (Lipinski definition) is 4. The molecule has 4 nitrogen and oxygen atoms in total. The molecule has 1 N–H and O–H groups in total.